The molecule has 1 atom stereocenters. The molecule has 0 fully saturated rings. The number of hydrogen-bond acceptors (Lipinski definition) is 3. The Morgan fingerprint density at radius 3 is 2.50 bits per heavy atom. The number of amides is 2. The molecule has 0 unspecified atom stereocenters. The Morgan fingerprint density at radius 2 is 1.81 bits per heavy atom. The maximum Gasteiger partial charge on any atom is 0.235 e. The summed E-state index contributed by atoms with van der Waals surface area (Å²) < 4.78 is 12.9. The van der Waals surface area contributed by atoms with Gasteiger partial charge in [0.1, 0.15) is 5.82 Å². The van der Waals surface area contributed by atoms with Gasteiger partial charge in [0, 0.05) is 13.1 Å². The number of carbonyl (C=O) groups excluding carboxylic acids is 2. The predicted molar refractivity (Wildman–Crippen MR) is 96.7 cm³/mol. The molecule has 1 aliphatic rings. The van der Waals surface area contributed by atoms with Crippen molar-refractivity contribution in [3.8, 4) is 0 Å². The van der Waals surface area contributed by atoms with Crippen LogP contribution in [0.3, 0.4) is 0 Å². The minimum Gasteiger partial charge on any atom is -0.368 e. The standard InChI is InChI=1S/C20H22FN3O2/c21-17-7-5-14(6-8-17)9-10-23-19(25)13-24-12-16-4-2-1-3-15(16)11-18(24)20(22)26/h1-8,18H,9-13H2,(H2,22,26)(H,23,25)/t18-/m0/s1. The van der Waals surface area contributed by atoms with E-state index < -0.39 is 11.9 Å². The van der Waals surface area contributed by atoms with Crippen molar-refractivity contribution in [2.75, 3.05) is 13.1 Å². The van der Waals surface area contributed by atoms with Crippen LogP contribution in [0.5, 0.6) is 0 Å². The highest BCUT2D eigenvalue weighted by molar-refractivity contribution is 5.83. The molecular weight excluding hydrogens is 333 g/mol. The zero-order valence-electron chi connectivity index (χ0n) is 14.5. The lowest BCUT2D eigenvalue weighted by molar-refractivity contribution is -0.127. The van der Waals surface area contributed by atoms with E-state index in [1.807, 2.05) is 29.2 Å². The number of nitrogens with one attached hydrogen (secondary N) is 1. The third-order valence-electron chi connectivity index (χ3n) is 4.67. The maximum absolute atomic E-state index is 12.9. The Bertz CT molecular complexity index is 792. The monoisotopic (exact) mass is 355 g/mol. The lowest BCUT2D eigenvalue weighted by atomic mass is 9.93. The second-order valence-electron chi connectivity index (χ2n) is 6.52. The topological polar surface area (TPSA) is 75.4 Å². The smallest absolute Gasteiger partial charge is 0.235 e. The van der Waals surface area contributed by atoms with Crippen LogP contribution < -0.4 is 11.1 Å². The molecule has 1 heterocycles. The van der Waals surface area contributed by atoms with Gasteiger partial charge in [-0.25, -0.2) is 4.39 Å². The zero-order chi connectivity index (χ0) is 18.5. The van der Waals surface area contributed by atoms with Crippen molar-refractivity contribution >= 4 is 11.8 Å². The molecule has 0 saturated heterocycles. The molecule has 1 aliphatic heterocycles. The number of hydrogen-bond donors (Lipinski definition) is 2. The Kier molecular flexibility index (Phi) is 5.63. The van der Waals surface area contributed by atoms with E-state index in [-0.39, 0.29) is 18.3 Å². The fourth-order valence-corrected chi connectivity index (χ4v) is 3.26. The fourth-order valence-electron chi connectivity index (χ4n) is 3.26. The summed E-state index contributed by atoms with van der Waals surface area (Å²) in [5.41, 5.74) is 8.70. The highest BCUT2D eigenvalue weighted by Crippen LogP contribution is 2.22. The van der Waals surface area contributed by atoms with Crippen molar-refractivity contribution in [2.24, 2.45) is 5.73 Å². The van der Waals surface area contributed by atoms with Gasteiger partial charge in [-0.3, -0.25) is 14.5 Å². The molecule has 0 radical (unpaired) electrons. The molecule has 0 bridgehead atoms. The van der Waals surface area contributed by atoms with E-state index in [9.17, 15) is 14.0 Å². The molecule has 0 aliphatic carbocycles. The Morgan fingerprint density at radius 1 is 1.12 bits per heavy atom. The van der Waals surface area contributed by atoms with Gasteiger partial charge < -0.3 is 11.1 Å². The maximum atomic E-state index is 12.9. The van der Waals surface area contributed by atoms with Gasteiger partial charge in [-0.15, -0.1) is 0 Å². The predicted octanol–water partition coefficient (Wildman–Crippen LogP) is 1.40. The van der Waals surface area contributed by atoms with Gasteiger partial charge in [0.05, 0.1) is 12.6 Å². The number of rotatable bonds is 6. The Balaban J connectivity index is 1.55. The minimum absolute atomic E-state index is 0.116. The Hall–Kier alpha value is -2.73. The second kappa shape index (κ2) is 8.10. The molecule has 3 rings (SSSR count). The van der Waals surface area contributed by atoms with Crippen LogP contribution in [0.25, 0.3) is 0 Å². The summed E-state index contributed by atoms with van der Waals surface area (Å²) in [4.78, 5) is 25.9. The van der Waals surface area contributed by atoms with Crippen LogP contribution >= 0.6 is 0 Å². The van der Waals surface area contributed by atoms with Crippen molar-refractivity contribution in [2.45, 2.75) is 25.4 Å². The molecule has 2 aromatic carbocycles. The van der Waals surface area contributed by atoms with E-state index in [2.05, 4.69) is 5.32 Å². The second-order valence-corrected chi connectivity index (χ2v) is 6.52. The summed E-state index contributed by atoms with van der Waals surface area (Å²) in [6.45, 7) is 1.09. The lowest BCUT2D eigenvalue weighted by Gasteiger charge is -2.34. The van der Waals surface area contributed by atoms with Gasteiger partial charge in [-0.05, 0) is 41.7 Å². The number of fused-ring (bicyclic) bond motifs is 1. The number of primary amides is 1. The molecule has 6 heteroatoms. The summed E-state index contributed by atoms with van der Waals surface area (Å²) in [6, 6.07) is 13.6. The van der Waals surface area contributed by atoms with Gasteiger partial charge in [-0.1, -0.05) is 36.4 Å². The molecular formula is C20H22FN3O2. The number of halogens is 1. The van der Waals surface area contributed by atoms with Gasteiger partial charge >= 0.3 is 0 Å². The highest BCUT2D eigenvalue weighted by Gasteiger charge is 2.30. The molecule has 0 spiro atoms. The fraction of sp³-hybridized carbons (Fsp3) is 0.300. The van der Waals surface area contributed by atoms with Crippen LogP contribution in [0, 0.1) is 5.82 Å². The molecule has 0 saturated carbocycles. The summed E-state index contributed by atoms with van der Waals surface area (Å²) in [6.07, 6.45) is 1.14. The van der Waals surface area contributed by atoms with Crippen LogP contribution in [0.4, 0.5) is 4.39 Å². The number of benzene rings is 2. The molecule has 2 aromatic rings. The summed E-state index contributed by atoms with van der Waals surface area (Å²) in [7, 11) is 0. The van der Waals surface area contributed by atoms with E-state index >= 15 is 0 Å². The third-order valence-corrected chi connectivity index (χ3v) is 4.67. The van der Waals surface area contributed by atoms with Gasteiger partial charge in [-0.2, -0.15) is 0 Å². The normalized spacial score (nSPS) is 16.7. The minimum atomic E-state index is -0.479. The van der Waals surface area contributed by atoms with Crippen LogP contribution in [-0.4, -0.2) is 35.8 Å². The van der Waals surface area contributed by atoms with Crippen molar-refractivity contribution < 1.29 is 14.0 Å². The summed E-state index contributed by atoms with van der Waals surface area (Å²) >= 11 is 0. The van der Waals surface area contributed by atoms with Crippen LogP contribution in [-0.2, 0) is 29.0 Å². The molecule has 5 nitrogen and oxygen atoms in total. The first-order valence-corrected chi connectivity index (χ1v) is 8.64. The van der Waals surface area contributed by atoms with Crippen molar-refractivity contribution in [1.82, 2.24) is 10.2 Å². The summed E-state index contributed by atoms with van der Waals surface area (Å²) in [5.74, 6) is -0.850. The van der Waals surface area contributed by atoms with Gasteiger partial charge in [0.25, 0.3) is 0 Å². The number of nitrogens with two attached hydrogens (primary N) is 1. The largest absolute Gasteiger partial charge is 0.368 e. The first-order valence-electron chi connectivity index (χ1n) is 8.64. The van der Waals surface area contributed by atoms with Crippen molar-refractivity contribution in [3.05, 3.63) is 71.0 Å². The quantitative estimate of drug-likeness (QED) is 0.822. The van der Waals surface area contributed by atoms with Crippen molar-refractivity contribution in [3.63, 3.8) is 0 Å². The van der Waals surface area contributed by atoms with E-state index in [1.54, 1.807) is 12.1 Å². The third kappa shape index (κ3) is 4.46. The lowest BCUT2D eigenvalue weighted by Crippen LogP contribution is -2.51. The molecule has 2 amide bonds. The number of nitrogens with zero attached hydrogens (tertiary/aromatic N) is 1. The zero-order valence-corrected chi connectivity index (χ0v) is 14.5. The highest BCUT2D eigenvalue weighted by atomic mass is 19.1. The first-order chi connectivity index (χ1) is 12.5. The van der Waals surface area contributed by atoms with Gasteiger partial charge in [0.2, 0.25) is 11.8 Å². The first kappa shape index (κ1) is 18.1. The molecule has 26 heavy (non-hydrogen) atoms. The average Bonchev–Trinajstić information content (AvgIpc) is 2.62. The molecule has 0 aromatic heterocycles. The van der Waals surface area contributed by atoms with Crippen LogP contribution in [0.2, 0.25) is 0 Å². The van der Waals surface area contributed by atoms with Gasteiger partial charge in [0.15, 0.2) is 0 Å². The average molecular weight is 355 g/mol. The van der Waals surface area contributed by atoms with E-state index in [0.717, 1.165) is 16.7 Å². The van der Waals surface area contributed by atoms with E-state index in [4.69, 9.17) is 5.73 Å². The summed E-state index contributed by atoms with van der Waals surface area (Å²) in [5, 5.41) is 2.85. The van der Waals surface area contributed by atoms with Crippen molar-refractivity contribution in [1.29, 1.82) is 0 Å². The number of carbonyl (C=O) groups is 2. The van der Waals surface area contributed by atoms with E-state index in [1.165, 1.54) is 12.1 Å². The van der Waals surface area contributed by atoms with Crippen LogP contribution in [0.15, 0.2) is 48.5 Å². The Labute approximate surface area is 152 Å². The SMILES string of the molecule is NC(=O)[C@@H]1Cc2ccccc2CN1CC(=O)NCCc1ccc(F)cc1. The van der Waals surface area contributed by atoms with Crippen LogP contribution in [0.1, 0.15) is 16.7 Å². The molecule has 136 valence electrons. The van der Waals surface area contributed by atoms with E-state index in [0.29, 0.717) is 25.9 Å². The molecule has 3 N–H and O–H groups in total.